The molecule has 0 saturated carbocycles. The summed E-state index contributed by atoms with van der Waals surface area (Å²) in [7, 11) is -3.82. The number of hydrogen-bond acceptors (Lipinski definition) is 5. The molecule has 1 aliphatic rings. The lowest BCUT2D eigenvalue weighted by atomic mass is 9.87. The monoisotopic (exact) mass is 436 g/mol. The fourth-order valence-electron chi connectivity index (χ4n) is 3.78. The average Bonchev–Trinajstić information content (AvgIpc) is 2.87. The van der Waals surface area contributed by atoms with Gasteiger partial charge in [-0.2, -0.15) is 0 Å². The maximum atomic E-state index is 13.9. The van der Waals surface area contributed by atoms with Crippen LogP contribution in [0.5, 0.6) is 0 Å². The van der Waals surface area contributed by atoms with E-state index in [0.29, 0.717) is 23.0 Å². The Hall–Kier alpha value is -3.06. The number of nitrogen functional groups attached to an aromatic ring is 1. The Morgan fingerprint density at radius 1 is 1.00 bits per heavy atom. The Morgan fingerprint density at radius 2 is 1.68 bits per heavy atom. The third-order valence-electron chi connectivity index (χ3n) is 5.83. The van der Waals surface area contributed by atoms with Gasteiger partial charge in [0, 0.05) is 5.56 Å². The van der Waals surface area contributed by atoms with Gasteiger partial charge in [-0.15, -0.1) is 0 Å². The summed E-state index contributed by atoms with van der Waals surface area (Å²) in [5, 5.41) is 3.30. The van der Waals surface area contributed by atoms with Crippen LogP contribution in [0, 0.1) is 13.8 Å². The van der Waals surface area contributed by atoms with E-state index in [1.165, 1.54) is 4.31 Å². The highest BCUT2D eigenvalue weighted by atomic mass is 32.2. The largest absolute Gasteiger partial charge is 0.384 e. The molecule has 0 bridgehead atoms. The summed E-state index contributed by atoms with van der Waals surface area (Å²) in [5.41, 5.74) is 10.9. The molecule has 31 heavy (non-hydrogen) atoms. The van der Waals surface area contributed by atoms with Crippen LogP contribution in [0.1, 0.15) is 43.0 Å². The number of pyridine rings is 1. The van der Waals surface area contributed by atoms with Crippen molar-refractivity contribution >= 4 is 33.0 Å². The molecule has 0 aliphatic carbocycles. The lowest BCUT2D eigenvalue weighted by Crippen LogP contribution is -2.31. The van der Waals surface area contributed by atoms with Gasteiger partial charge in [-0.3, -0.25) is 4.31 Å². The number of aromatic nitrogens is 1. The second kappa shape index (κ2) is 7.27. The van der Waals surface area contributed by atoms with Crippen LogP contribution in [0.2, 0.25) is 0 Å². The Morgan fingerprint density at radius 3 is 2.32 bits per heavy atom. The van der Waals surface area contributed by atoms with Crippen LogP contribution < -0.4 is 15.4 Å². The van der Waals surface area contributed by atoms with E-state index in [1.54, 1.807) is 18.2 Å². The summed E-state index contributed by atoms with van der Waals surface area (Å²) in [6, 6.07) is 14.6. The number of aryl methyl sites for hydroxylation is 1. The van der Waals surface area contributed by atoms with Crippen LogP contribution in [0.3, 0.4) is 0 Å². The third kappa shape index (κ3) is 3.74. The van der Waals surface area contributed by atoms with Crippen molar-refractivity contribution in [1.82, 2.24) is 4.98 Å². The normalized spacial score (nSPS) is 13.8. The minimum absolute atomic E-state index is 0.0559. The first kappa shape index (κ1) is 21.2. The number of benzene rings is 2. The summed E-state index contributed by atoms with van der Waals surface area (Å²) in [6.07, 6.45) is 0. The average molecular weight is 437 g/mol. The van der Waals surface area contributed by atoms with Crippen LogP contribution in [-0.2, 0) is 22.0 Å². The van der Waals surface area contributed by atoms with Crippen molar-refractivity contribution in [2.75, 3.05) is 15.4 Å². The first-order valence-electron chi connectivity index (χ1n) is 10.2. The van der Waals surface area contributed by atoms with Crippen molar-refractivity contribution in [3.63, 3.8) is 0 Å². The number of rotatable bonds is 2. The molecule has 0 fully saturated rings. The zero-order chi connectivity index (χ0) is 22.6. The molecule has 0 spiro atoms. The Balaban J connectivity index is 1.90. The zero-order valence-corrected chi connectivity index (χ0v) is 19.3. The zero-order valence-electron chi connectivity index (χ0n) is 18.5. The van der Waals surface area contributed by atoms with Crippen LogP contribution >= 0.6 is 0 Å². The summed E-state index contributed by atoms with van der Waals surface area (Å²) in [5.74, 6) is 0.955. The van der Waals surface area contributed by atoms with E-state index in [1.807, 2.05) is 44.2 Å². The second-order valence-corrected chi connectivity index (χ2v) is 10.9. The summed E-state index contributed by atoms with van der Waals surface area (Å²) in [4.78, 5) is 4.66. The van der Waals surface area contributed by atoms with Gasteiger partial charge in [0.25, 0.3) is 10.0 Å². The number of hydrogen-bond donors (Lipinski definition) is 2. The minimum atomic E-state index is -3.82. The number of fused-ring (bicyclic) bond motifs is 2. The second-order valence-electron chi connectivity index (χ2n) is 9.06. The Labute approximate surface area is 184 Å². The standard InChI is InChI=1S/C24H28N4O2S/c1-15-6-12-20-22(16(15)2)28(14-17-7-13-21(25)27-23(17)26-20)31(29,30)19-10-8-18(9-11-19)24(3,4)5/h6-13H,14H2,1-5H3,(H3,25,26,27). The molecule has 0 unspecified atom stereocenters. The van der Waals surface area contributed by atoms with Gasteiger partial charge in [-0.05, 0) is 66.3 Å². The quantitative estimate of drug-likeness (QED) is 0.588. The van der Waals surface area contributed by atoms with Crippen molar-refractivity contribution in [2.45, 2.75) is 51.5 Å². The van der Waals surface area contributed by atoms with E-state index < -0.39 is 10.0 Å². The fourth-order valence-corrected chi connectivity index (χ4v) is 5.30. The van der Waals surface area contributed by atoms with Gasteiger partial charge in [-0.1, -0.05) is 39.0 Å². The van der Waals surface area contributed by atoms with Gasteiger partial charge in [0.1, 0.15) is 11.6 Å². The van der Waals surface area contributed by atoms with Gasteiger partial charge in [0.2, 0.25) is 0 Å². The molecule has 1 aromatic heterocycles. The maximum Gasteiger partial charge on any atom is 0.264 e. The Bertz CT molecular complexity index is 1260. The van der Waals surface area contributed by atoms with E-state index in [4.69, 9.17) is 5.73 Å². The number of nitrogens with zero attached hydrogens (tertiary/aromatic N) is 2. The molecule has 7 heteroatoms. The van der Waals surface area contributed by atoms with Gasteiger partial charge in [-0.25, -0.2) is 13.4 Å². The molecule has 162 valence electrons. The molecule has 3 N–H and O–H groups in total. The van der Waals surface area contributed by atoms with Crippen molar-refractivity contribution in [3.05, 3.63) is 70.8 Å². The van der Waals surface area contributed by atoms with E-state index in [2.05, 4.69) is 31.1 Å². The molecule has 2 aromatic carbocycles. The van der Waals surface area contributed by atoms with Crippen LogP contribution in [0.25, 0.3) is 0 Å². The molecular weight excluding hydrogens is 408 g/mol. The van der Waals surface area contributed by atoms with E-state index >= 15 is 0 Å². The smallest absolute Gasteiger partial charge is 0.264 e. The van der Waals surface area contributed by atoms with Crippen LogP contribution in [0.4, 0.5) is 23.0 Å². The van der Waals surface area contributed by atoms with E-state index in [9.17, 15) is 8.42 Å². The molecule has 2 heterocycles. The first-order chi connectivity index (χ1) is 14.5. The summed E-state index contributed by atoms with van der Waals surface area (Å²) < 4.78 is 29.2. The van der Waals surface area contributed by atoms with E-state index in [0.717, 1.165) is 22.3 Å². The molecule has 4 rings (SSSR count). The summed E-state index contributed by atoms with van der Waals surface area (Å²) >= 11 is 0. The number of sulfonamides is 1. The van der Waals surface area contributed by atoms with Gasteiger partial charge < -0.3 is 11.1 Å². The number of anilines is 4. The molecule has 0 atom stereocenters. The number of nitrogens with two attached hydrogens (primary N) is 1. The van der Waals surface area contributed by atoms with Crippen LogP contribution in [-0.4, -0.2) is 13.4 Å². The molecule has 1 aliphatic heterocycles. The highest BCUT2D eigenvalue weighted by Gasteiger charge is 2.32. The minimum Gasteiger partial charge on any atom is -0.384 e. The Kier molecular flexibility index (Phi) is 4.97. The predicted molar refractivity (Wildman–Crippen MR) is 126 cm³/mol. The van der Waals surface area contributed by atoms with Crippen molar-refractivity contribution in [3.8, 4) is 0 Å². The SMILES string of the molecule is Cc1ccc2c(c1C)N(S(=O)(=O)c1ccc(C(C)(C)C)cc1)Cc1ccc(N)nc1N2. The van der Waals surface area contributed by atoms with Crippen molar-refractivity contribution in [2.24, 2.45) is 0 Å². The maximum absolute atomic E-state index is 13.9. The van der Waals surface area contributed by atoms with Gasteiger partial charge in [0.05, 0.1) is 22.8 Å². The first-order valence-corrected chi connectivity index (χ1v) is 11.7. The molecular formula is C24H28N4O2S. The molecule has 0 radical (unpaired) electrons. The van der Waals surface area contributed by atoms with Crippen molar-refractivity contribution < 1.29 is 8.42 Å². The molecule has 0 saturated heterocycles. The topological polar surface area (TPSA) is 88.3 Å². The predicted octanol–water partition coefficient (Wildman–Crippen LogP) is 5.03. The number of nitrogens with one attached hydrogen (secondary N) is 1. The summed E-state index contributed by atoms with van der Waals surface area (Å²) in [6.45, 7) is 10.4. The molecule has 0 amide bonds. The lowest BCUT2D eigenvalue weighted by Gasteiger charge is -2.27. The molecule has 3 aromatic rings. The van der Waals surface area contributed by atoms with Gasteiger partial charge in [0.15, 0.2) is 0 Å². The van der Waals surface area contributed by atoms with Gasteiger partial charge >= 0.3 is 0 Å². The van der Waals surface area contributed by atoms with Crippen molar-refractivity contribution in [1.29, 1.82) is 0 Å². The highest BCUT2D eigenvalue weighted by molar-refractivity contribution is 7.92. The highest BCUT2D eigenvalue weighted by Crippen LogP contribution is 2.41. The van der Waals surface area contributed by atoms with E-state index in [-0.39, 0.29) is 16.9 Å². The molecule has 6 nitrogen and oxygen atoms in total. The fraction of sp³-hybridized carbons (Fsp3) is 0.292. The lowest BCUT2D eigenvalue weighted by molar-refractivity contribution is 0.584. The third-order valence-corrected chi connectivity index (χ3v) is 7.59. The van der Waals surface area contributed by atoms with Crippen LogP contribution in [0.15, 0.2) is 53.4 Å².